The van der Waals surface area contributed by atoms with E-state index in [1.807, 2.05) is 5.32 Å². The van der Waals surface area contributed by atoms with E-state index in [4.69, 9.17) is 0 Å². The van der Waals surface area contributed by atoms with Crippen LogP contribution in [0.2, 0.25) is 0 Å². The Hall–Kier alpha value is -0.780. The van der Waals surface area contributed by atoms with Crippen LogP contribution in [0.4, 0.5) is 13.2 Å². The van der Waals surface area contributed by atoms with Gasteiger partial charge in [0.15, 0.2) is 0 Å². The van der Waals surface area contributed by atoms with Crippen molar-refractivity contribution in [1.82, 2.24) is 10.6 Å². The Morgan fingerprint density at radius 1 is 1.38 bits per heavy atom. The molecule has 1 amide bonds. The highest BCUT2D eigenvalue weighted by Gasteiger charge is 2.27. The molecular weight excluding hydrogens is 185 g/mol. The number of carbonyl (C=O) groups excluding carboxylic acids is 1. The molecule has 6 heteroatoms. The summed E-state index contributed by atoms with van der Waals surface area (Å²) >= 11 is 0. The summed E-state index contributed by atoms with van der Waals surface area (Å²) in [5.74, 6) is -0.369. The Morgan fingerprint density at radius 3 is 2.46 bits per heavy atom. The molecule has 3 nitrogen and oxygen atoms in total. The van der Waals surface area contributed by atoms with E-state index in [1.165, 1.54) is 0 Å². The van der Waals surface area contributed by atoms with Gasteiger partial charge in [0.1, 0.15) is 0 Å². The van der Waals surface area contributed by atoms with Gasteiger partial charge < -0.3 is 10.6 Å². The van der Waals surface area contributed by atoms with Crippen molar-refractivity contribution in [3.63, 3.8) is 0 Å². The Kier molecular flexibility index (Phi) is 3.13. The molecular formula is C7H11F3N2O. The number of carbonyl (C=O) groups is 1. The monoisotopic (exact) mass is 196 g/mol. The predicted molar refractivity (Wildman–Crippen MR) is 40.1 cm³/mol. The van der Waals surface area contributed by atoms with E-state index in [2.05, 4.69) is 5.32 Å². The molecule has 0 unspecified atom stereocenters. The van der Waals surface area contributed by atoms with Gasteiger partial charge in [-0.3, -0.25) is 4.79 Å². The third kappa shape index (κ3) is 5.46. The molecule has 76 valence electrons. The Labute approximate surface area is 73.7 Å². The zero-order valence-electron chi connectivity index (χ0n) is 6.95. The maximum Gasteiger partial charge on any atom is 0.401 e. The van der Waals surface area contributed by atoms with E-state index in [0.717, 1.165) is 12.8 Å². The summed E-state index contributed by atoms with van der Waals surface area (Å²) in [5, 5.41) is 4.59. The smallest absolute Gasteiger partial charge is 0.352 e. The molecule has 0 aromatic carbocycles. The molecule has 0 saturated heterocycles. The standard InChI is InChI=1S/C7H11F3N2O/c8-7(9,10)4-11-3-6(13)12-5-1-2-5/h5,11H,1-4H2,(H,12,13). The van der Waals surface area contributed by atoms with Gasteiger partial charge in [-0.15, -0.1) is 0 Å². The second kappa shape index (κ2) is 3.95. The van der Waals surface area contributed by atoms with E-state index >= 15 is 0 Å². The van der Waals surface area contributed by atoms with Crippen molar-refractivity contribution >= 4 is 5.91 Å². The number of nitrogens with one attached hydrogen (secondary N) is 2. The fraction of sp³-hybridized carbons (Fsp3) is 0.857. The molecule has 0 heterocycles. The number of halogens is 3. The SMILES string of the molecule is O=C(CNCC(F)(F)F)NC1CC1. The van der Waals surface area contributed by atoms with Crippen LogP contribution >= 0.6 is 0 Å². The van der Waals surface area contributed by atoms with Crippen molar-refractivity contribution in [3.8, 4) is 0 Å². The lowest BCUT2D eigenvalue weighted by molar-refractivity contribution is -0.128. The van der Waals surface area contributed by atoms with Crippen LogP contribution in [-0.4, -0.2) is 31.2 Å². The van der Waals surface area contributed by atoms with Crippen LogP contribution in [0, 0.1) is 0 Å². The van der Waals surface area contributed by atoms with E-state index < -0.39 is 12.7 Å². The van der Waals surface area contributed by atoms with Crippen LogP contribution in [0.3, 0.4) is 0 Å². The van der Waals surface area contributed by atoms with Crippen molar-refractivity contribution in [3.05, 3.63) is 0 Å². The Bertz CT molecular complexity index is 189. The van der Waals surface area contributed by atoms with Gasteiger partial charge in [0.2, 0.25) is 5.91 Å². The quantitative estimate of drug-likeness (QED) is 0.684. The summed E-state index contributed by atoms with van der Waals surface area (Å²) in [6.07, 6.45) is -2.38. The topological polar surface area (TPSA) is 41.1 Å². The highest BCUT2D eigenvalue weighted by molar-refractivity contribution is 5.78. The molecule has 0 radical (unpaired) electrons. The van der Waals surface area contributed by atoms with Gasteiger partial charge >= 0.3 is 6.18 Å². The fourth-order valence-corrected chi connectivity index (χ4v) is 0.824. The summed E-state index contributed by atoms with van der Waals surface area (Å²) in [7, 11) is 0. The van der Waals surface area contributed by atoms with E-state index in [9.17, 15) is 18.0 Å². The van der Waals surface area contributed by atoms with Gasteiger partial charge in [0.05, 0.1) is 13.1 Å². The van der Waals surface area contributed by atoms with E-state index in [0.29, 0.717) is 0 Å². The zero-order chi connectivity index (χ0) is 9.90. The predicted octanol–water partition coefficient (Wildman–Crippen LogP) is 0.417. The summed E-state index contributed by atoms with van der Waals surface area (Å²) in [6, 6.07) is 0.195. The van der Waals surface area contributed by atoms with E-state index in [-0.39, 0.29) is 18.5 Å². The normalized spacial score (nSPS) is 17.2. The minimum atomic E-state index is -4.25. The van der Waals surface area contributed by atoms with Gasteiger partial charge in [0, 0.05) is 6.04 Å². The van der Waals surface area contributed by atoms with Gasteiger partial charge in [-0.1, -0.05) is 0 Å². The highest BCUT2D eigenvalue weighted by atomic mass is 19.4. The molecule has 0 atom stereocenters. The van der Waals surface area contributed by atoms with E-state index in [1.54, 1.807) is 0 Å². The van der Waals surface area contributed by atoms with Crippen LogP contribution < -0.4 is 10.6 Å². The van der Waals surface area contributed by atoms with Gasteiger partial charge in [0.25, 0.3) is 0 Å². The lowest BCUT2D eigenvalue weighted by atomic mass is 10.5. The van der Waals surface area contributed by atoms with Gasteiger partial charge in [-0.2, -0.15) is 13.2 Å². The maximum atomic E-state index is 11.6. The molecule has 0 aromatic rings. The average molecular weight is 196 g/mol. The summed E-state index contributed by atoms with van der Waals surface area (Å²) in [5.41, 5.74) is 0. The summed E-state index contributed by atoms with van der Waals surface area (Å²) in [4.78, 5) is 10.8. The molecule has 1 rings (SSSR count). The van der Waals surface area contributed by atoms with Crippen molar-refractivity contribution in [2.75, 3.05) is 13.1 Å². The summed E-state index contributed by atoms with van der Waals surface area (Å²) in [6.45, 7) is -1.39. The molecule has 1 fully saturated rings. The zero-order valence-corrected chi connectivity index (χ0v) is 6.95. The van der Waals surface area contributed by atoms with Crippen molar-refractivity contribution < 1.29 is 18.0 Å². The van der Waals surface area contributed by atoms with Gasteiger partial charge in [-0.05, 0) is 12.8 Å². The summed E-state index contributed by atoms with van der Waals surface area (Å²) < 4.78 is 34.8. The van der Waals surface area contributed by atoms with Crippen molar-refractivity contribution in [2.45, 2.75) is 25.1 Å². The first-order valence-electron chi connectivity index (χ1n) is 4.04. The number of rotatable bonds is 4. The van der Waals surface area contributed by atoms with Crippen LogP contribution in [0.1, 0.15) is 12.8 Å². The molecule has 0 spiro atoms. The minimum absolute atomic E-state index is 0.195. The van der Waals surface area contributed by atoms with Crippen LogP contribution in [-0.2, 0) is 4.79 Å². The number of alkyl halides is 3. The van der Waals surface area contributed by atoms with Crippen molar-refractivity contribution in [2.24, 2.45) is 0 Å². The molecule has 2 N–H and O–H groups in total. The first-order valence-corrected chi connectivity index (χ1v) is 4.04. The Morgan fingerprint density at radius 2 is 2.00 bits per heavy atom. The second-order valence-corrected chi connectivity index (χ2v) is 3.06. The maximum absolute atomic E-state index is 11.6. The fourth-order valence-electron chi connectivity index (χ4n) is 0.824. The molecule has 1 aliphatic rings. The van der Waals surface area contributed by atoms with Crippen LogP contribution in [0.15, 0.2) is 0 Å². The minimum Gasteiger partial charge on any atom is -0.352 e. The lowest BCUT2D eigenvalue weighted by Gasteiger charge is -2.07. The third-order valence-corrected chi connectivity index (χ3v) is 1.55. The number of hydrogen-bond donors (Lipinski definition) is 2. The molecule has 1 saturated carbocycles. The molecule has 0 aliphatic heterocycles. The first-order chi connectivity index (χ1) is 5.97. The Balaban J connectivity index is 2.01. The molecule has 0 aromatic heterocycles. The van der Waals surface area contributed by atoms with Crippen LogP contribution in [0.5, 0.6) is 0 Å². The largest absolute Gasteiger partial charge is 0.401 e. The lowest BCUT2D eigenvalue weighted by Crippen LogP contribution is -2.38. The second-order valence-electron chi connectivity index (χ2n) is 3.06. The first kappa shape index (κ1) is 10.3. The number of amides is 1. The molecule has 13 heavy (non-hydrogen) atoms. The number of hydrogen-bond acceptors (Lipinski definition) is 2. The molecule has 0 bridgehead atoms. The van der Waals surface area contributed by atoms with Crippen molar-refractivity contribution in [1.29, 1.82) is 0 Å². The highest BCUT2D eigenvalue weighted by Crippen LogP contribution is 2.18. The van der Waals surface area contributed by atoms with Gasteiger partial charge in [-0.25, -0.2) is 0 Å². The average Bonchev–Trinajstić information content (AvgIpc) is 2.68. The molecule has 1 aliphatic carbocycles. The third-order valence-electron chi connectivity index (χ3n) is 1.55. The van der Waals surface area contributed by atoms with Crippen LogP contribution in [0.25, 0.3) is 0 Å².